The molecule has 0 aliphatic carbocycles. The molecule has 0 fully saturated rings. The number of likely N-dealkylation sites (N-methyl/N-ethyl adjacent to an activating group) is 1. The fourth-order valence-electron chi connectivity index (χ4n) is 2.10. The van der Waals surface area contributed by atoms with E-state index in [-0.39, 0.29) is 0 Å². The first-order valence-corrected chi connectivity index (χ1v) is 5.93. The lowest BCUT2D eigenvalue weighted by molar-refractivity contribution is 0.588. The Hall–Kier alpha value is -1.67. The minimum Gasteiger partial charge on any atom is -0.313 e. The minimum atomic E-state index is 0.348. The lowest BCUT2D eigenvalue weighted by Gasteiger charge is -2.18. The van der Waals surface area contributed by atoms with Gasteiger partial charge >= 0.3 is 0 Å². The van der Waals surface area contributed by atoms with Gasteiger partial charge in [-0.3, -0.25) is 4.98 Å². The maximum absolute atomic E-state index is 4.16. The normalized spacial score (nSPS) is 12.4. The Morgan fingerprint density at radius 1 is 1.18 bits per heavy atom. The van der Waals surface area contributed by atoms with Crippen molar-refractivity contribution in [2.24, 2.45) is 0 Å². The molecule has 2 rings (SSSR count). The van der Waals surface area contributed by atoms with Crippen molar-refractivity contribution in [2.75, 3.05) is 7.05 Å². The van der Waals surface area contributed by atoms with Gasteiger partial charge in [0.25, 0.3) is 0 Å². The lowest BCUT2D eigenvalue weighted by atomic mass is 9.96. The van der Waals surface area contributed by atoms with Crippen LogP contribution >= 0.6 is 0 Å². The summed E-state index contributed by atoms with van der Waals surface area (Å²) < 4.78 is 0. The quantitative estimate of drug-likeness (QED) is 0.867. The molecule has 88 valence electrons. The van der Waals surface area contributed by atoms with Crippen LogP contribution in [0.2, 0.25) is 0 Å². The smallest absolute Gasteiger partial charge is 0.0361 e. The number of hydrogen-bond acceptors (Lipinski definition) is 2. The molecule has 2 aromatic rings. The number of pyridine rings is 1. The van der Waals surface area contributed by atoms with Gasteiger partial charge in [-0.15, -0.1) is 0 Å². The average molecular weight is 226 g/mol. The van der Waals surface area contributed by atoms with Crippen molar-refractivity contribution in [1.29, 1.82) is 0 Å². The molecule has 1 N–H and O–H groups in total. The van der Waals surface area contributed by atoms with E-state index in [2.05, 4.69) is 47.6 Å². The first-order chi connectivity index (χ1) is 8.31. The van der Waals surface area contributed by atoms with Gasteiger partial charge in [-0.25, -0.2) is 0 Å². The molecular formula is C15H18N2. The second kappa shape index (κ2) is 5.60. The Morgan fingerprint density at radius 3 is 2.65 bits per heavy atom. The third-order valence-corrected chi connectivity index (χ3v) is 3.07. The standard InChI is InChI=1S/C15H18N2/c1-12-6-3-4-8-14(12)15(16-2)10-13-7-5-9-17-11-13/h3-9,11,15-16H,10H2,1-2H3. The van der Waals surface area contributed by atoms with Crippen molar-refractivity contribution >= 4 is 0 Å². The summed E-state index contributed by atoms with van der Waals surface area (Å²) in [5.41, 5.74) is 3.95. The molecule has 1 atom stereocenters. The summed E-state index contributed by atoms with van der Waals surface area (Å²) in [6, 6.07) is 13.0. The van der Waals surface area contributed by atoms with Gasteiger partial charge in [-0.05, 0) is 43.1 Å². The highest BCUT2D eigenvalue weighted by molar-refractivity contribution is 5.30. The van der Waals surface area contributed by atoms with Crippen molar-refractivity contribution < 1.29 is 0 Å². The summed E-state index contributed by atoms with van der Waals surface area (Å²) in [6.07, 6.45) is 4.71. The molecule has 0 amide bonds. The number of nitrogens with zero attached hydrogens (tertiary/aromatic N) is 1. The van der Waals surface area contributed by atoms with Crippen molar-refractivity contribution in [3.8, 4) is 0 Å². The zero-order chi connectivity index (χ0) is 12.1. The van der Waals surface area contributed by atoms with Gasteiger partial charge in [-0.1, -0.05) is 30.3 Å². The van der Waals surface area contributed by atoms with Crippen LogP contribution in [0.3, 0.4) is 0 Å². The van der Waals surface area contributed by atoms with Crippen LogP contribution in [-0.2, 0) is 6.42 Å². The van der Waals surface area contributed by atoms with E-state index < -0.39 is 0 Å². The van der Waals surface area contributed by atoms with Crippen LogP contribution in [-0.4, -0.2) is 12.0 Å². The van der Waals surface area contributed by atoms with Crippen LogP contribution in [0.15, 0.2) is 48.8 Å². The van der Waals surface area contributed by atoms with Crippen LogP contribution in [0.5, 0.6) is 0 Å². The molecule has 1 aromatic carbocycles. The Morgan fingerprint density at radius 2 is 2.00 bits per heavy atom. The van der Waals surface area contributed by atoms with Crippen LogP contribution in [0, 0.1) is 6.92 Å². The molecule has 0 spiro atoms. The van der Waals surface area contributed by atoms with Crippen LogP contribution < -0.4 is 5.32 Å². The summed E-state index contributed by atoms with van der Waals surface area (Å²) in [6.45, 7) is 2.16. The highest BCUT2D eigenvalue weighted by Crippen LogP contribution is 2.20. The van der Waals surface area contributed by atoms with Crippen molar-refractivity contribution in [3.05, 3.63) is 65.5 Å². The lowest BCUT2D eigenvalue weighted by Crippen LogP contribution is -2.19. The van der Waals surface area contributed by atoms with E-state index in [1.54, 1.807) is 0 Å². The van der Waals surface area contributed by atoms with Gasteiger partial charge in [-0.2, -0.15) is 0 Å². The summed E-state index contributed by atoms with van der Waals surface area (Å²) in [4.78, 5) is 4.16. The first-order valence-electron chi connectivity index (χ1n) is 5.93. The number of aryl methyl sites for hydroxylation is 1. The SMILES string of the molecule is CNC(Cc1cccnc1)c1ccccc1C. The Balaban J connectivity index is 2.21. The molecule has 1 heterocycles. The van der Waals surface area contributed by atoms with Gasteiger partial charge in [0.05, 0.1) is 0 Å². The number of nitrogens with one attached hydrogen (secondary N) is 1. The summed E-state index contributed by atoms with van der Waals surface area (Å²) >= 11 is 0. The summed E-state index contributed by atoms with van der Waals surface area (Å²) in [7, 11) is 2.01. The van der Waals surface area contributed by atoms with Gasteiger partial charge in [0.1, 0.15) is 0 Å². The molecule has 0 saturated carbocycles. The maximum Gasteiger partial charge on any atom is 0.0361 e. The highest BCUT2D eigenvalue weighted by Gasteiger charge is 2.11. The Kier molecular flexibility index (Phi) is 3.89. The monoisotopic (exact) mass is 226 g/mol. The second-order valence-corrected chi connectivity index (χ2v) is 4.26. The molecule has 2 heteroatoms. The maximum atomic E-state index is 4.16. The van der Waals surface area contributed by atoms with Crippen LogP contribution in [0.25, 0.3) is 0 Å². The largest absolute Gasteiger partial charge is 0.313 e. The number of hydrogen-bond donors (Lipinski definition) is 1. The molecule has 0 saturated heterocycles. The predicted octanol–water partition coefficient (Wildman–Crippen LogP) is 2.89. The number of benzene rings is 1. The van der Waals surface area contributed by atoms with Crippen molar-refractivity contribution in [2.45, 2.75) is 19.4 Å². The third kappa shape index (κ3) is 2.92. The van der Waals surface area contributed by atoms with E-state index in [4.69, 9.17) is 0 Å². The zero-order valence-corrected chi connectivity index (χ0v) is 10.4. The van der Waals surface area contributed by atoms with E-state index in [1.807, 2.05) is 25.5 Å². The molecule has 1 unspecified atom stereocenters. The molecule has 2 nitrogen and oxygen atoms in total. The minimum absolute atomic E-state index is 0.348. The van der Waals surface area contributed by atoms with E-state index >= 15 is 0 Å². The second-order valence-electron chi connectivity index (χ2n) is 4.26. The predicted molar refractivity (Wildman–Crippen MR) is 70.9 cm³/mol. The van der Waals surface area contributed by atoms with Gasteiger partial charge in [0, 0.05) is 18.4 Å². The van der Waals surface area contributed by atoms with E-state index in [1.165, 1.54) is 16.7 Å². The molecule has 0 aliphatic rings. The zero-order valence-electron chi connectivity index (χ0n) is 10.4. The van der Waals surface area contributed by atoms with Gasteiger partial charge < -0.3 is 5.32 Å². The molecule has 1 aromatic heterocycles. The van der Waals surface area contributed by atoms with Crippen molar-refractivity contribution in [1.82, 2.24) is 10.3 Å². The van der Waals surface area contributed by atoms with Crippen LogP contribution in [0.1, 0.15) is 22.7 Å². The Labute approximate surface area is 103 Å². The fourth-order valence-corrected chi connectivity index (χ4v) is 2.10. The number of rotatable bonds is 4. The topological polar surface area (TPSA) is 24.9 Å². The molecule has 0 radical (unpaired) electrons. The average Bonchev–Trinajstić information content (AvgIpc) is 2.38. The van der Waals surface area contributed by atoms with E-state index in [9.17, 15) is 0 Å². The van der Waals surface area contributed by atoms with Gasteiger partial charge in [0.15, 0.2) is 0 Å². The summed E-state index contributed by atoms with van der Waals surface area (Å²) in [5.74, 6) is 0. The fraction of sp³-hybridized carbons (Fsp3) is 0.267. The first kappa shape index (κ1) is 11.8. The van der Waals surface area contributed by atoms with E-state index in [0.29, 0.717) is 6.04 Å². The molecule has 0 aliphatic heterocycles. The number of aromatic nitrogens is 1. The highest BCUT2D eigenvalue weighted by atomic mass is 14.9. The van der Waals surface area contributed by atoms with E-state index in [0.717, 1.165) is 6.42 Å². The van der Waals surface area contributed by atoms with Crippen LogP contribution in [0.4, 0.5) is 0 Å². The van der Waals surface area contributed by atoms with Gasteiger partial charge in [0.2, 0.25) is 0 Å². The molecule has 0 bridgehead atoms. The molecule has 17 heavy (non-hydrogen) atoms. The van der Waals surface area contributed by atoms with Crippen molar-refractivity contribution in [3.63, 3.8) is 0 Å². The summed E-state index contributed by atoms with van der Waals surface area (Å²) in [5, 5.41) is 3.38. The molecular weight excluding hydrogens is 208 g/mol. The third-order valence-electron chi connectivity index (χ3n) is 3.07. The Bertz CT molecular complexity index is 465.